The molecule has 0 saturated heterocycles. The van der Waals surface area contributed by atoms with Crippen molar-refractivity contribution < 1.29 is 9.53 Å². The van der Waals surface area contributed by atoms with E-state index in [0.717, 1.165) is 12.8 Å². The molecule has 0 amide bonds. The Balaban J connectivity index is 2.43. The molecule has 78 valence electrons. The molecule has 0 aromatic carbocycles. The second-order valence-corrected chi connectivity index (χ2v) is 10.4. The number of hydrogen-bond donors (Lipinski definition) is 1. The normalized spacial score (nSPS) is 30.0. The van der Waals surface area contributed by atoms with Crippen LogP contribution in [0.15, 0.2) is 0 Å². The molecule has 0 aromatic heterocycles. The molecular formula is C10H22O2Si. The molecule has 13 heavy (non-hydrogen) atoms. The molecule has 3 heteroatoms. The molecule has 0 unspecified atom stereocenters. The number of aliphatic hydroxyl groups excluding tert-OH is 1. The molecular weight excluding hydrogens is 180 g/mol. The van der Waals surface area contributed by atoms with Crippen LogP contribution in [0.5, 0.6) is 0 Å². The van der Waals surface area contributed by atoms with Crippen molar-refractivity contribution in [2.45, 2.75) is 64.0 Å². The zero-order valence-corrected chi connectivity index (χ0v) is 10.4. The summed E-state index contributed by atoms with van der Waals surface area (Å²) in [6.45, 7) is 11.3. The lowest BCUT2D eigenvalue weighted by Crippen LogP contribution is -2.48. The van der Waals surface area contributed by atoms with Crippen LogP contribution in [0, 0.1) is 0 Å². The second-order valence-electron chi connectivity index (χ2n) is 5.63. The van der Waals surface area contributed by atoms with E-state index in [-0.39, 0.29) is 11.1 Å². The molecule has 0 spiro atoms. The van der Waals surface area contributed by atoms with Crippen molar-refractivity contribution in [2.24, 2.45) is 0 Å². The molecule has 0 atom stereocenters. The van der Waals surface area contributed by atoms with E-state index in [9.17, 15) is 0 Å². The van der Waals surface area contributed by atoms with Crippen LogP contribution in [-0.2, 0) is 4.43 Å². The Kier molecular flexibility index (Phi) is 2.91. The minimum Gasteiger partial charge on any atom is -0.414 e. The molecule has 0 heterocycles. The molecule has 0 radical (unpaired) electrons. The van der Waals surface area contributed by atoms with Gasteiger partial charge >= 0.3 is 0 Å². The van der Waals surface area contributed by atoms with Crippen LogP contribution in [0.4, 0.5) is 0 Å². The lowest BCUT2D eigenvalue weighted by atomic mass is 9.93. The number of aliphatic hydroxyl groups is 1. The maximum atomic E-state index is 9.15. The van der Waals surface area contributed by atoms with E-state index in [1.807, 2.05) is 0 Å². The third-order valence-electron chi connectivity index (χ3n) is 3.34. The predicted octanol–water partition coefficient (Wildman–Crippen LogP) is 2.53. The molecule has 1 fully saturated rings. The standard InChI is InChI=1S/C10H22O2Si/c1-10(2,3)13(4,5)12-9-6-8(11)7-9/h8-9,11H,6-7H2,1-5H3. The fourth-order valence-corrected chi connectivity index (χ4v) is 2.61. The first-order valence-corrected chi connectivity index (χ1v) is 7.99. The van der Waals surface area contributed by atoms with Gasteiger partial charge in [-0.3, -0.25) is 0 Å². The van der Waals surface area contributed by atoms with Gasteiger partial charge in [0.15, 0.2) is 8.32 Å². The SMILES string of the molecule is CC(C)(C)[Si](C)(C)OC1CC(O)C1. The molecule has 1 N–H and O–H groups in total. The average molecular weight is 202 g/mol. The monoisotopic (exact) mass is 202 g/mol. The van der Waals surface area contributed by atoms with Gasteiger partial charge in [-0.2, -0.15) is 0 Å². The average Bonchev–Trinajstić information content (AvgIpc) is 1.80. The van der Waals surface area contributed by atoms with Gasteiger partial charge < -0.3 is 9.53 Å². The van der Waals surface area contributed by atoms with Gasteiger partial charge in [0.1, 0.15) is 0 Å². The number of rotatable bonds is 2. The van der Waals surface area contributed by atoms with Gasteiger partial charge in [0, 0.05) is 6.10 Å². The summed E-state index contributed by atoms with van der Waals surface area (Å²) >= 11 is 0. The largest absolute Gasteiger partial charge is 0.414 e. The Hall–Kier alpha value is 0.137. The zero-order chi connectivity index (χ0) is 10.3. The fraction of sp³-hybridized carbons (Fsp3) is 1.00. The summed E-state index contributed by atoms with van der Waals surface area (Å²) in [5.41, 5.74) is 0. The van der Waals surface area contributed by atoms with E-state index in [2.05, 4.69) is 33.9 Å². The Bertz CT molecular complexity index is 178. The van der Waals surface area contributed by atoms with Crippen LogP contribution in [0.3, 0.4) is 0 Å². The molecule has 1 aliphatic rings. The quantitative estimate of drug-likeness (QED) is 0.697. The predicted molar refractivity (Wildman–Crippen MR) is 57.3 cm³/mol. The first kappa shape index (κ1) is 11.2. The minimum atomic E-state index is -1.58. The summed E-state index contributed by atoms with van der Waals surface area (Å²) in [6, 6.07) is 0. The van der Waals surface area contributed by atoms with E-state index in [1.54, 1.807) is 0 Å². The Labute approximate surface area is 82.4 Å². The third kappa shape index (κ3) is 2.54. The van der Waals surface area contributed by atoms with E-state index in [1.165, 1.54) is 0 Å². The second kappa shape index (κ2) is 3.37. The van der Waals surface area contributed by atoms with E-state index >= 15 is 0 Å². The van der Waals surface area contributed by atoms with Crippen molar-refractivity contribution in [3.8, 4) is 0 Å². The number of hydrogen-bond acceptors (Lipinski definition) is 2. The highest BCUT2D eigenvalue weighted by atomic mass is 28.4. The lowest BCUT2D eigenvalue weighted by Gasteiger charge is -2.43. The summed E-state index contributed by atoms with van der Waals surface area (Å²) < 4.78 is 6.09. The van der Waals surface area contributed by atoms with Crippen LogP contribution in [0.25, 0.3) is 0 Å². The lowest BCUT2D eigenvalue weighted by molar-refractivity contribution is -0.0177. The molecule has 1 aliphatic carbocycles. The maximum Gasteiger partial charge on any atom is 0.192 e. The topological polar surface area (TPSA) is 29.5 Å². The van der Waals surface area contributed by atoms with Crippen molar-refractivity contribution in [3.05, 3.63) is 0 Å². The van der Waals surface area contributed by atoms with Crippen LogP contribution < -0.4 is 0 Å². The van der Waals surface area contributed by atoms with Crippen LogP contribution in [0.2, 0.25) is 18.1 Å². The minimum absolute atomic E-state index is 0.102. The molecule has 0 aromatic rings. The van der Waals surface area contributed by atoms with Gasteiger partial charge in [0.2, 0.25) is 0 Å². The van der Waals surface area contributed by atoms with Gasteiger partial charge in [-0.05, 0) is 31.0 Å². The fourth-order valence-electron chi connectivity index (χ4n) is 1.23. The molecule has 1 saturated carbocycles. The summed E-state index contributed by atoms with van der Waals surface area (Å²) in [5.74, 6) is 0. The molecule has 2 nitrogen and oxygen atoms in total. The van der Waals surface area contributed by atoms with Crippen molar-refractivity contribution in [1.82, 2.24) is 0 Å². The molecule has 0 bridgehead atoms. The van der Waals surface area contributed by atoms with Crippen molar-refractivity contribution in [1.29, 1.82) is 0 Å². The molecule has 1 rings (SSSR count). The summed E-state index contributed by atoms with van der Waals surface area (Å²) in [6.07, 6.45) is 1.91. The maximum absolute atomic E-state index is 9.15. The van der Waals surface area contributed by atoms with Crippen molar-refractivity contribution in [3.63, 3.8) is 0 Å². The first-order valence-electron chi connectivity index (χ1n) is 5.08. The van der Waals surface area contributed by atoms with Gasteiger partial charge in [-0.1, -0.05) is 20.8 Å². The summed E-state index contributed by atoms with van der Waals surface area (Å²) in [5, 5.41) is 9.44. The smallest absolute Gasteiger partial charge is 0.192 e. The van der Waals surface area contributed by atoms with Crippen LogP contribution in [0.1, 0.15) is 33.6 Å². The third-order valence-corrected chi connectivity index (χ3v) is 7.87. The highest BCUT2D eigenvalue weighted by Crippen LogP contribution is 2.39. The van der Waals surface area contributed by atoms with Crippen LogP contribution in [-0.4, -0.2) is 25.6 Å². The van der Waals surface area contributed by atoms with Gasteiger partial charge in [0.05, 0.1) is 6.10 Å². The summed E-state index contributed by atoms with van der Waals surface area (Å²) in [7, 11) is -1.58. The zero-order valence-electron chi connectivity index (χ0n) is 9.42. The molecule has 0 aliphatic heterocycles. The highest BCUT2D eigenvalue weighted by Gasteiger charge is 2.41. The van der Waals surface area contributed by atoms with Gasteiger partial charge in [0.25, 0.3) is 0 Å². The van der Waals surface area contributed by atoms with Crippen LogP contribution >= 0.6 is 0 Å². The van der Waals surface area contributed by atoms with Gasteiger partial charge in [-0.25, -0.2) is 0 Å². The Morgan fingerprint density at radius 2 is 1.69 bits per heavy atom. The van der Waals surface area contributed by atoms with Crippen molar-refractivity contribution >= 4 is 8.32 Å². The summed E-state index contributed by atoms with van der Waals surface area (Å²) in [4.78, 5) is 0. The van der Waals surface area contributed by atoms with Crippen molar-refractivity contribution in [2.75, 3.05) is 0 Å². The van der Waals surface area contributed by atoms with E-state index in [0.29, 0.717) is 6.10 Å². The van der Waals surface area contributed by atoms with E-state index in [4.69, 9.17) is 9.53 Å². The van der Waals surface area contributed by atoms with E-state index < -0.39 is 8.32 Å². The first-order chi connectivity index (χ1) is 5.72. The Morgan fingerprint density at radius 1 is 1.23 bits per heavy atom. The Morgan fingerprint density at radius 3 is 2.00 bits per heavy atom. The van der Waals surface area contributed by atoms with Gasteiger partial charge in [-0.15, -0.1) is 0 Å². The highest BCUT2D eigenvalue weighted by molar-refractivity contribution is 6.74.